The summed E-state index contributed by atoms with van der Waals surface area (Å²) < 4.78 is 16.2. The third kappa shape index (κ3) is 5.12. The first-order chi connectivity index (χ1) is 16.5. The van der Waals surface area contributed by atoms with Gasteiger partial charge in [-0.05, 0) is 82.4 Å². The molecule has 3 aromatic rings. The van der Waals surface area contributed by atoms with E-state index in [-0.39, 0.29) is 17.5 Å². The monoisotopic (exact) mass is 462 g/mol. The number of benzene rings is 1. The molecule has 5 rings (SSSR count). The number of carbonyl (C=O) groups is 1. The topological polar surface area (TPSA) is 75.1 Å². The van der Waals surface area contributed by atoms with Crippen LogP contribution in [-0.2, 0) is 0 Å². The number of hydrogen-bond acceptors (Lipinski definition) is 5. The molecule has 1 aliphatic carbocycles. The average molecular weight is 463 g/mol. The van der Waals surface area contributed by atoms with Crippen molar-refractivity contribution >= 4 is 11.6 Å². The fraction of sp³-hybridized carbons (Fsp3) is 0.423. The van der Waals surface area contributed by atoms with Gasteiger partial charge >= 0.3 is 0 Å². The second kappa shape index (κ2) is 9.54. The van der Waals surface area contributed by atoms with Crippen LogP contribution in [0.5, 0.6) is 0 Å². The Morgan fingerprint density at radius 1 is 1.09 bits per heavy atom. The van der Waals surface area contributed by atoms with Crippen LogP contribution in [0.25, 0.3) is 16.8 Å². The van der Waals surface area contributed by atoms with Crippen molar-refractivity contribution in [3.05, 3.63) is 59.9 Å². The summed E-state index contributed by atoms with van der Waals surface area (Å²) in [4.78, 5) is 19.3. The maximum absolute atomic E-state index is 14.5. The van der Waals surface area contributed by atoms with Gasteiger partial charge < -0.3 is 15.5 Å². The number of hydrogen-bond donors (Lipinski definition) is 2. The fourth-order valence-electron chi connectivity index (χ4n) is 4.40. The molecule has 0 radical (unpaired) electrons. The van der Waals surface area contributed by atoms with E-state index >= 15 is 0 Å². The van der Waals surface area contributed by atoms with Gasteiger partial charge in [0.1, 0.15) is 5.82 Å². The molecule has 0 spiro atoms. The SMILES string of the molecule is Cc1cc(F)c(C(=O)NC2CC2)cc1-n1cc(-c2cncc(NCC3CCN(C)CC3)c2)cn1. The van der Waals surface area contributed by atoms with Gasteiger partial charge in [0.25, 0.3) is 5.91 Å². The Labute approximate surface area is 199 Å². The van der Waals surface area contributed by atoms with E-state index in [2.05, 4.69) is 38.7 Å². The predicted octanol–water partition coefficient (Wildman–Crippen LogP) is 4.03. The number of aryl methyl sites for hydroxylation is 1. The zero-order chi connectivity index (χ0) is 23.7. The maximum atomic E-state index is 14.5. The second-order valence-electron chi connectivity index (χ2n) is 9.63. The summed E-state index contributed by atoms with van der Waals surface area (Å²) in [6.07, 6.45) is 11.6. The lowest BCUT2D eigenvalue weighted by Gasteiger charge is -2.29. The summed E-state index contributed by atoms with van der Waals surface area (Å²) in [5, 5.41) is 10.9. The number of halogens is 1. The minimum Gasteiger partial charge on any atom is -0.384 e. The number of nitrogens with one attached hydrogen (secondary N) is 2. The molecule has 1 saturated carbocycles. The molecule has 1 aliphatic heterocycles. The number of aromatic nitrogens is 3. The summed E-state index contributed by atoms with van der Waals surface area (Å²) in [6, 6.07) is 5.22. The lowest BCUT2D eigenvalue weighted by molar-refractivity contribution is 0.0947. The van der Waals surface area contributed by atoms with Crippen LogP contribution in [-0.4, -0.2) is 58.3 Å². The zero-order valence-corrected chi connectivity index (χ0v) is 19.7. The van der Waals surface area contributed by atoms with Gasteiger partial charge in [0.05, 0.1) is 23.1 Å². The van der Waals surface area contributed by atoms with Gasteiger partial charge in [0.2, 0.25) is 0 Å². The number of carbonyl (C=O) groups excluding carboxylic acids is 1. The number of likely N-dealkylation sites (tertiary alicyclic amines) is 1. The van der Waals surface area contributed by atoms with Crippen molar-refractivity contribution in [3.8, 4) is 16.8 Å². The van der Waals surface area contributed by atoms with E-state index in [1.54, 1.807) is 16.9 Å². The Morgan fingerprint density at radius 2 is 1.88 bits per heavy atom. The number of nitrogens with zero attached hydrogens (tertiary/aromatic N) is 4. The third-order valence-electron chi connectivity index (χ3n) is 6.78. The highest BCUT2D eigenvalue weighted by Gasteiger charge is 2.26. The van der Waals surface area contributed by atoms with Gasteiger partial charge in [-0.2, -0.15) is 5.10 Å². The van der Waals surface area contributed by atoms with E-state index in [4.69, 9.17) is 0 Å². The molecule has 2 aliphatic rings. The third-order valence-corrected chi connectivity index (χ3v) is 6.78. The molecule has 1 amide bonds. The van der Waals surface area contributed by atoms with Gasteiger partial charge in [0.15, 0.2) is 0 Å². The van der Waals surface area contributed by atoms with E-state index in [9.17, 15) is 9.18 Å². The molecule has 0 unspecified atom stereocenters. The van der Waals surface area contributed by atoms with Crippen molar-refractivity contribution in [1.82, 2.24) is 25.0 Å². The number of amides is 1. The van der Waals surface area contributed by atoms with E-state index < -0.39 is 5.82 Å². The molecule has 2 fully saturated rings. The van der Waals surface area contributed by atoms with Gasteiger partial charge in [-0.3, -0.25) is 9.78 Å². The highest BCUT2D eigenvalue weighted by molar-refractivity contribution is 5.95. The van der Waals surface area contributed by atoms with Crippen molar-refractivity contribution in [2.24, 2.45) is 5.92 Å². The van der Waals surface area contributed by atoms with Gasteiger partial charge in [-0.1, -0.05) is 0 Å². The smallest absolute Gasteiger partial charge is 0.254 e. The van der Waals surface area contributed by atoms with Crippen molar-refractivity contribution < 1.29 is 9.18 Å². The van der Waals surface area contributed by atoms with Gasteiger partial charge in [-0.15, -0.1) is 0 Å². The van der Waals surface area contributed by atoms with Crippen molar-refractivity contribution in [2.75, 3.05) is 32.0 Å². The number of piperidine rings is 1. The first-order valence-corrected chi connectivity index (χ1v) is 12.0. The molecule has 34 heavy (non-hydrogen) atoms. The first-order valence-electron chi connectivity index (χ1n) is 12.0. The Bertz CT molecular complexity index is 1180. The normalized spacial score (nSPS) is 17.0. The minimum absolute atomic E-state index is 0.0475. The van der Waals surface area contributed by atoms with Gasteiger partial charge in [0, 0.05) is 42.3 Å². The van der Waals surface area contributed by atoms with Crippen LogP contribution < -0.4 is 10.6 Å². The largest absolute Gasteiger partial charge is 0.384 e. The molecule has 178 valence electrons. The fourth-order valence-corrected chi connectivity index (χ4v) is 4.40. The van der Waals surface area contributed by atoms with E-state index in [1.807, 2.05) is 25.5 Å². The van der Waals surface area contributed by atoms with Crippen LogP contribution in [0, 0.1) is 18.7 Å². The van der Waals surface area contributed by atoms with Crippen molar-refractivity contribution in [3.63, 3.8) is 0 Å². The molecule has 2 aromatic heterocycles. The molecule has 7 nitrogen and oxygen atoms in total. The quantitative estimate of drug-likeness (QED) is 0.555. The van der Waals surface area contributed by atoms with Crippen LogP contribution in [0.15, 0.2) is 43.0 Å². The summed E-state index contributed by atoms with van der Waals surface area (Å²) in [5.41, 5.74) is 4.28. The maximum Gasteiger partial charge on any atom is 0.254 e. The summed E-state index contributed by atoms with van der Waals surface area (Å²) in [7, 11) is 2.17. The summed E-state index contributed by atoms with van der Waals surface area (Å²) in [5.74, 6) is -0.212. The number of pyridine rings is 1. The lowest BCUT2D eigenvalue weighted by Crippen LogP contribution is -2.32. The van der Waals surface area contributed by atoms with Gasteiger partial charge in [-0.25, -0.2) is 9.07 Å². The molecule has 1 saturated heterocycles. The Morgan fingerprint density at radius 3 is 2.65 bits per heavy atom. The highest BCUT2D eigenvalue weighted by atomic mass is 19.1. The number of anilines is 1. The Balaban J connectivity index is 1.32. The molecule has 0 bridgehead atoms. The molecular weight excluding hydrogens is 431 g/mol. The summed E-state index contributed by atoms with van der Waals surface area (Å²) >= 11 is 0. The van der Waals surface area contributed by atoms with Crippen molar-refractivity contribution in [1.29, 1.82) is 0 Å². The van der Waals surface area contributed by atoms with E-state index in [0.29, 0.717) is 17.2 Å². The molecule has 0 atom stereocenters. The van der Waals surface area contributed by atoms with Crippen LogP contribution in [0.1, 0.15) is 41.6 Å². The molecule has 8 heteroatoms. The summed E-state index contributed by atoms with van der Waals surface area (Å²) in [6.45, 7) is 5.06. The van der Waals surface area contributed by atoms with Crippen LogP contribution >= 0.6 is 0 Å². The zero-order valence-electron chi connectivity index (χ0n) is 19.7. The van der Waals surface area contributed by atoms with E-state index in [0.717, 1.165) is 49.3 Å². The highest BCUT2D eigenvalue weighted by Crippen LogP contribution is 2.26. The Kier molecular flexibility index (Phi) is 6.32. The average Bonchev–Trinajstić information content (AvgIpc) is 3.50. The second-order valence-corrected chi connectivity index (χ2v) is 9.63. The van der Waals surface area contributed by atoms with Crippen molar-refractivity contribution in [2.45, 2.75) is 38.6 Å². The van der Waals surface area contributed by atoms with Crippen LogP contribution in [0.4, 0.5) is 10.1 Å². The van der Waals surface area contributed by atoms with Crippen LogP contribution in [0.3, 0.4) is 0 Å². The molecule has 3 heterocycles. The number of rotatable bonds is 7. The first kappa shape index (κ1) is 22.5. The van der Waals surface area contributed by atoms with E-state index in [1.165, 1.54) is 18.9 Å². The molecule has 1 aromatic carbocycles. The standard InChI is InChI=1S/C26H31FN6O/c1-17-9-24(27)23(26(34)31-21-3-4-21)11-25(17)33-16-20(14-30-33)19-10-22(15-28-13-19)29-12-18-5-7-32(2)8-6-18/h9-11,13-16,18,21,29H,3-8,12H2,1-2H3,(H,31,34). The van der Waals surface area contributed by atoms with Crippen LogP contribution in [0.2, 0.25) is 0 Å². The lowest BCUT2D eigenvalue weighted by atomic mass is 9.97. The minimum atomic E-state index is -0.514. The molecular formula is C26H31FN6O. The predicted molar refractivity (Wildman–Crippen MR) is 131 cm³/mol. The molecule has 2 N–H and O–H groups in total. The Hall–Kier alpha value is -3.26.